The third kappa shape index (κ3) is 5.10. The van der Waals surface area contributed by atoms with Crippen LogP contribution in [0, 0.1) is 0 Å². The number of aromatic nitrogens is 2. The number of nitrogens with one attached hydrogen (secondary N) is 2. The SMILES string of the molecule is O=C(NC1CCCC1)c1cc(C2CCCCN2C(=O)CCCc2ccccc2)[nH]n1. The van der Waals surface area contributed by atoms with Crippen molar-refractivity contribution < 1.29 is 9.59 Å². The van der Waals surface area contributed by atoms with Gasteiger partial charge in [0.05, 0.1) is 11.7 Å². The lowest BCUT2D eigenvalue weighted by molar-refractivity contribution is -0.135. The van der Waals surface area contributed by atoms with Gasteiger partial charge in [0, 0.05) is 19.0 Å². The summed E-state index contributed by atoms with van der Waals surface area (Å²) in [6, 6.07) is 12.4. The van der Waals surface area contributed by atoms with Gasteiger partial charge in [-0.3, -0.25) is 14.7 Å². The molecule has 4 rings (SSSR count). The lowest BCUT2D eigenvalue weighted by Gasteiger charge is -2.35. The van der Waals surface area contributed by atoms with Crippen molar-refractivity contribution in [1.82, 2.24) is 20.4 Å². The van der Waals surface area contributed by atoms with Crippen LogP contribution in [-0.4, -0.2) is 39.5 Å². The maximum absolute atomic E-state index is 13.0. The molecule has 0 radical (unpaired) electrons. The summed E-state index contributed by atoms with van der Waals surface area (Å²) >= 11 is 0. The van der Waals surface area contributed by atoms with Crippen molar-refractivity contribution >= 4 is 11.8 Å². The van der Waals surface area contributed by atoms with Crippen LogP contribution < -0.4 is 5.32 Å². The lowest BCUT2D eigenvalue weighted by Crippen LogP contribution is -2.38. The lowest BCUT2D eigenvalue weighted by atomic mass is 9.98. The monoisotopic (exact) mass is 408 g/mol. The number of H-pyrrole nitrogens is 1. The molecule has 160 valence electrons. The number of hydrogen-bond donors (Lipinski definition) is 2. The van der Waals surface area contributed by atoms with Crippen molar-refractivity contribution in [2.24, 2.45) is 0 Å². The van der Waals surface area contributed by atoms with Crippen molar-refractivity contribution in [1.29, 1.82) is 0 Å². The summed E-state index contributed by atoms with van der Waals surface area (Å²) < 4.78 is 0. The fraction of sp³-hybridized carbons (Fsp3) is 0.542. The quantitative estimate of drug-likeness (QED) is 0.722. The summed E-state index contributed by atoms with van der Waals surface area (Å²) in [5.41, 5.74) is 2.58. The van der Waals surface area contributed by atoms with Gasteiger partial charge in [-0.15, -0.1) is 0 Å². The molecule has 0 spiro atoms. The van der Waals surface area contributed by atoms with Gasteiger partial charge in [0.1, 0.15) is 5.69 Å². The first-order valence-corrected chi connectivity index (χ1v) is 11.4. The normalized spacial score (nSPS) is 19.7. The van der Waals surface area contributed by atoms with Crippen LogP contribution in [0.5, 0.6) is 0 Å². The molecule has 1 aromatic heterocycles. The first kappa shape index (κ1) is 20.6. The van der Waals surface area contributed by atoms with E-state index >= 15 is 0 Å². The molecular formula is C24H32N4O2. The number of benzene rings is 1. The Bertz CT molecular complexity index is 842. The van der Waals surface area contributed by atoms with Gasteiger partial charge in [-0.1, -0.05) is 43.2 Å². The second kappa shape index (κ2) is 9.92. The number of piperidine rings is 1. The molecule has 1 saturated heterocycles. The van der Waals surface area contributed by atoms with Gasteiger partial charge in [-0.25, -0.2) is 0 Å². The van der Waals surface area contributed by atoms with Gasteiger partial charge < -0.3 is 10.2 Å². The van der Waals surface area contributed by atoms with E-state index in [-0.39, 0.29) is 23.9 Å². The minimum absolute atomic E-state index is 0.0106. The summed E-state index contributed by atoms with van der Waals surface area (Å²) in [4.78, 5) is 27.5. The highest BCUT2D eigenvalue weighted by atomic mass is 16.2. The fourth-order valence-corrected chi connectivity index (χ4v) is 4.74. The second-order valence-electron chi connectivity index (χ2n) is 8.60. The first-order chi connectivity index (χ1) is 14.7. The number of carbonyl (C=O) groups is 2. The number of hydrogen-bond acceptors (Lipinski definition) is 3. The van der Waals surface area contributed by atoms with Crippen molar-refractivity contribution in [2.75, 3.05) is 6.54 Å². The highest BCUT2D eigenvalue weighted by Gasteiger charge is 2.30. The summed E-state index contributed by atoms with van der Waals surface area (Å²) in [6.45, 7) is 0.775. The maximum Gasteiger partial charge on any atom is 0.271 e. The Morgan fingerprint density at radius 2 is 1.83 bits per heavy atom. The molecule has 6 heteroatoms. The number of likely N-dealkylation sites (tertiary alicyclic amines) is 1. The standard InChI is InChI=1S/C24H32N4O2/c29-23(15-8-11-18-9-2-1-3-10-18)28-16-7-6-14-22(28)20-17-21(27-26-20)24(30)25-19-12-4-5-13-19/h1-3,9-10,17,19,22H,4-8,11-16H2,(H,25,30)(H,26,27). The largest absolute Gasteiger partial charge is 0.348 e. The smallest absolute Gasteiger partial charge is 0.271 e. The second-order valence-corrected chi connectivity index (χ2v) is 8.60. The van der Waals surface area contributed by atoms with Crippen LogP contribution in [-0.2, 0) is 11.2 Å². The third-order valence-corrected chi connectivity index (χ3v) is 6.40. The van der Waals surface area contributed by atoms with Crippen LogP contribution in [0.1, 0.15) is 85.6 Å². The van der Waals surface area contributed by atoms with E-state index in [0.717, 1.165) is 57.2 Å². The molecule has 1 aliphatic carbocycles. The molecule has 2 fully saturated rings. The van der Waals surface area contributed by atoms with Gasteiger partial charge in [-0.05, 0) is 56.6 Å². The molecule has 0 bridgehead atoms. The van der Waals surface area contributed by atoms with Crippen LogP contribution >= 0.6 is 0 Å². The van der Waals surface area contributed by atoms with Gasteiger partial charge in [0.2, 0.25) is 5.91 Å². The molecule has 30 heavy (non-hydrogen) atoms. The van der Waals surface area contributed by atoms with Gasteiger partial charge in [-0.2, -0.15) is 5.10 Å². The van der Waals surface area contributed by atoms with E-state index in [2.05, 4.69) is 27.6 Å². The minimum atomic E-state index is -0.110. The summed E-state index contributed by atoms with van der Waals surface area (Å²) in [7, 11) is 0. The summed E-state index contributed by atoms with van der Waals surface area (Å²) in [5, 5.41) is 10.4. The van der Waals surface area contributed by atoms with Gasteiger partial charge >= 0.3 is 0 Å². The topological polar surface area (TPSA) is 78.1 Å². The Kier molecular flexibility index (Phi) is 6.82. The molecule has 2 aromatic rings. The Balaban J connectivity index is 1.35. The van der Waals surface area contributed by atoms with E-state index in [9.17, 15) is 9.59 Å². The molecule has 2 N–H and O–H groups in total. The minimum Gasteiger partial charge on any atom is -0.348 e. The molecular weight excluding hydrogens is 376 g/mol. The first-order valence-electron chi connectivity index (χ1n) is 11.4. The van der Waals surface area contributed by atoms with Crippen molar-refractivity contribution in [3.8, 4) is 0 Å². The van der Waals surface area contributed by atoms with E-state index in [0.29, 0.717) is 12.1 Å². The van der Waals surface area contributed by atoms with Crippen molar-refractivity contribution in [3.05, 3.63) is 53.3 Å². The molecule has 1 aromatic carbocycles. The highest BCUT2D eigenvalue weighted by molar-refractivity contribution is 5.92. The molecule has 1 aliphatic heterocycles. The zero-order valence-electron chi connectivity index (χ0n) is 17.6. The number of aromatic amines is 1. The molecule has 1 atom stereocenters. The molecule has 2 aliphatic rings. The zero-order valence-corrected chi connectivity index (χ0v) is 17.6. The fourth-order valence-electron chi connectivity index (χ4n) is 4.74. The van der Waals surface area contributed by atoms with Crippen LogP contribution in [0.15, 0.2) is 36.4 Å². The van der Waals surface area contributed by atoms with E-state index in [4.69, 9.17) is 0 Å². The Labute approximate surface area is 178 Å². The number of rotatable bonds is 7. The third-order valence-electron chi connectivity index (χ3n) is 6.40. The van der Waals surface area contributed by atoms with Gasteiger partial charge in [0.15, 0.2) is 0 Å². The number of nitrogens with zero attached hydrogens (tertiary/aromatic N) is 2. The van der Waals surface area contributed by atoms with Crippen LogP contribution in [0.4, 0.5) is 0 Å². The van der Waals surface area contributed by atoms with E-state index in [1.54, 1.807) is 0 Å². The zero-order chi connectivity index (χ0) is 20.8. The molecule has 6 nitrogen and oxygen atoms in total. The molecule has 2 amide bonds. The molecule has 1 unspecified atom stereocenters. The number of aryl methyl sites for hydroxylation is 1. The van der Waals surface area contributed by atoms with E-state index in [1.807, 2.05) is 29.2 Å². The molecule has 2 heterocycles. The van der Waals surface area contributed by atoms with Crippen molar-refractivity contribution in [2.45, 2.75) is 76.3 Å². The van der Waals surface area contributed by atoms with E-state index < -0.39 is 0 Å². The Hall–Kier alpha value is -2.63. The van der Waals surface area contributed by atoms with Crippen LogP contribution in [0.3, 0.4) is 0 Å². The van der Waals surface area contributed by atoms with Crippen LogP contribution in [0.2, 0.25) is 0 Å². The molecule has 1 saturated carbocycles. The van der Waals surface area contributed by atoms with Crippen molar-refractivity contribution in [3.63, 3.8) is 0 Å². The average molecular weight is 409 g/mol. The Morgan fingerprint density at radius 1 is 1.07 bits per heavy atom. The maximum atomic E-state index is 13.0. The average Bonchev–Trinajstić information content (AvgIpc) is 3.47. The van der Waals surface area contributed by atoms with E-state index in [1.165, 1.54) is 18.4 Å². The van der Waals surface area contributed by atoms with Crippen LogP contribution in [0.25, 0.3) is 0 Å². The number of amides is 2. The Morgan fingerprint density at radius 3 is 2.63 bits per heavy atom. The number of carbonyl (C=O) groups excluding carboxylic acids is 2. The predicted molar refractivity (Wildman–Crippen MR) is 116 cm³/mol. The predicted octanol–water partition coefficient (Wildman–Crippen LogP) is 4.16. The van der Waals surface area contributed by atoms with Gasteiger partial charge in [0.25, 0.3) is 5.91 Å². The highest BCUT2D eigenvalue weighted by Crippen LogP contribution is 2.31. The summed E-state index contributed by atoms with van der Waals surface area (Å²) in [6.07, 6.45) is 9.81. The summed E-state index contributed by atoms with van der Waals surface area (Å²) in [5.74, 6) is 0.0862.